The van der Waals surface area contributed by atoms with Gasteiger partial charge in [0.1, 0.15) is 23.3 Å². The maximum atomic E-state index is 5.87. The quantitative estimate of drug-likeness (QED) is 0.447. The Morgan fingerprint density at radius 3 is 2.86 bits per heavy atom. The Hall–Kier alpha value is -2.61. The molecule has 0 radical (unpaired) electrons. The lowest BCUT2D eigenvalue weighted by Gasteiger charge is -2.00. The SMILES string of the molecule is Cc1nnc(Sc2ncnc3c2oc2ccccc23)n1N. The monoisotopic (exact) mass is 298 g/mol. The molecule has 0 unspecified atom stereocenters. The summed E-state index contributed by atoms with van der Waals surface area (Å²) in [5.74, 6) is 6.50. The molecule has 0 atom stereocenters. The molecule has 3 heterocycles. The van der Waals surface area contributed by atoms with Gasteiger partial charge in [-0.05, 0) is 30.8 Å². The second-order valence-electron chi connectivity index (χ2n) is 4.46. The fourth-order valence-corrected chi connectivity index (χ4v) is 2.90. The molecule has 0 aliphatic carbocycles. The molecule has 4 rings (SSSR count). The Labute approximate surface area is 123 Å². The van der Waals surface area contributed by atoms with E-state index in [1.54, 1.807) is 6.92 Å². The third kappa shape index (κ3) is 1.83. The van der Waals surface area contributed by atoms with Crippen LogP contribution in [-0.2, 0) is 0 Å². The molecule has 0 aliphatic rings. The first-order valence-corrected chi connectivity index (χ1v) is 7.03. The topological polar surface area (TPSA) is 95.6 Å². The van der Waals surface area contributed by atoms with Crippen molar-refractivity contribution in [2.45, 2.75) is 17.1 Å². The number of nitrogen functional groups attached to an aromatic ring is 1. The van der Waals surface area contributed by atoms with Gasteiger partial charge in [0.25, 0.3) is 0 Å². The van der Waals surface area contributed by atoms with Gasteiger partial charge in [-0.3, -0.25) is 0 Å². The molecular formula is C13H10N6OS. The van der Waals surface area contributed by atoms with Crippen LogP contribution in [0.4, 0.5) is 0 Å². The van der Waals surface area contributed by atoms with Crippen molar-refractivity contribution < 1.29 is 4.42 Å². The number of hydrogen-bond acceptors (Lipinski definition) is 7. The summed E-state index contributed by atoms with van der Waals surface area (Å²) >= 11 is 1.30. The average molecular weight is 298 g/mol. The van der Waals surface area contributed by atoms with Crippen LogP contribution in [0.5, 0.6) is 0 Å². The van der Waals surface area contributed by atoms with Crippen LogP contribution in [0, 0.1) is 6.92 Å². The number of rotatable bonds is 2. The van der Waals surface area contributed by atoms with Gasteiger partial charge >= 0.3 is 0 Å². The van der Waals surface area contributed by atoms with Gasteiger partial charge in [-0.1, -0.05) is 12.1 Å². The molecule has 1 aromatic carbocycles. The highest BCUT2D eigenvalue weighted by molar-refractivity contribution is 7.99. The fourth-order valence-electron chi connectivity index (χ4n) is 2.08. The van der Waals surface area contributed by atoms with E-state index in [-0.39, 0.29) is 0 Å². The van der Waals surface area contributed by atoms with Crippen molar-refractivity contribution in [2.24, 2.45) is 0 Å². The van der Waals surface area contributed by atoms with Crippen LogP contribution in [0.25, 0.3) is 22.1 Å². The highest BCUT2D eigenvalue weighted by atomic mass is 32.2. The fraction of sp³-hybridized carbons (Fsp3) is 0.0769. The van der Waals surface area contributed by atoms with Gasteiger partial charge in [-0.25, -0.2) is 14.6 Å². The third-order valence-electron chi connectivity index (χ3n) is 3.15. The van der Waals surface area contributed by atoms with Crippen LogP contribution in [-0.4, -0.2) is 24.8 Å². The van der Waals surface area contributed by atoms with Crippen LogP contribution in [0.3, 0.4) is 0 Å². The highest BCUT2D eigenvalue weighted by Crippen LogP contribution is 2.34. The molecule has 2 N–H and O–H groups in total. The van der Waals surface area contributed by atoms with Crippen LogP contribution in [0.1, 0.15) is 5.82 Å². The van der Waals surface area contributed by atoms with E-state index in [9.17, 15) is 0 Å². The molecule has 0 bridgehead atoms. The first-order valence-electron chi connectivity index (χ1n) is 6.21. The van der Waals surface area contributed by atoms with Crippen LogP contribution >= 0.6 is 11.8 Å². The summed E-state index contributed by atoms with van der Waals surface area (Å²) in [7, 11) is 0. The standard InChI is InChI=1S/C13H10N6OS/c1-7-17-18-13(19(7)14)21-12-11-10(15-6-16-12)8-4-2-3-5-9(8)20-11/h2-6H,14H2,1H3. The maximum absolute atomic E-state index is 5.87. The highest BCUT2D eigenvalue weighted by Gasteiger charge is 2.16. The van der Waals surface area contributed by atoms with Crippen molar-refractivity contribution in [3.8, 4) is 0 Å². The lowest BCUT2D eigenvalue weighted by atomic mass is 10.2. The van der Waals surface area contributed by atoms with Gasteiger partial charge in [0.2, 0.25) is 5.16 Å². The Morgan fingerprint density at radius 2 is 2.05 bits per heavy atom. The number of furan rings is 1. The molecule has 3 aromatic heterocycles. The van der Waals surface area contributed by atoms with Crippen molar-refractivity contribution in [3.63, 3.8) is 0 Å². The molecule has 7 nitrogen and oxygen atoms in total. The number of nitrogens with two attached hydrogens (primary N) is 1. The summed E-state index contributed by atoms with van der Waals surface area (Å²) in [6, 6.07) is 7.75. The summed E-state index contributed by atoms with van der Waals surface area (Å²) in [4.78, 5) is 8.58. The Bertz CT molecular complexity index is 960. The van der Waals surface area contributed by atoms with E-state index in [4.69, 9.17) is 10.3 Å². The summed E-state index contributed by atoms with van der Waals surface area (Å²) in [5, 5.41) is 10.1. The van der Waals surface area contributed by atoms with E-state index in [1.807, 2.05) is 24.3 Å². The minimum Gasteiger partial charge on any atom is -0.451 e. The summed E-state index contributed by atoms with van der Waals surface area (Å²) in [6.07, 6.45) is 1.51. The smallest absolute Gasteiger partial charge is 0.216 e. The van der Waals surface area contributed by atoms with Crippen molar-refractivity contribution in [1.82, 2.24) is 24.8 Å². The van der Waals surface area contributed by atoms with Gasteiger partial charge in [0.05, 0.1) is 0 Å². The lowest BCUT2D eigenvalue weighted by molar-refractivity contribution is 0.653. The minimum atomic E-state index is 0.549. The molecule has 8 heteroatoms. The number of para-hydroxylation sites is 1. The Balaban J connectivity index is 1.91. The van der Waals surface area contributed by atoms with Gasteiger partial charge in [-0.2, -0.15) is 0 Å². The summed E-state index contributed by atoms with van der Waals surface area (Å²) in [6.45, 7) is 1.79. The molecule has 21 heavy (non-hydrogen) atoms. The van der Waals surface area contributed by atoms with E-state index in [0.29, 0.717) is 21.6 Å². The number of nitrogens with zero attached hydrogens (tertiary/aromatic N) is 5. The number of aryl methyl sites for hydroxylation is 1. The molecule has 4 aromatic rings. The Morgan fingerprint density at radius 1 is 1.19 bits per heavy atom. The maximum Gasteiger partial charge on any atom is 0.216 e. The van der Waals surface area contributed by atoms with E-state index < -0.39 is 0 Å². The summed E-state index contributed by atoms with van der Waals surface area (Å²) < 4.78 is 7.28. The van der Waals surface area contributed by atoms with E-state index in [1.165, 1.54) is 22.8 Å². The predicted octanol–water partition coefficient (Wildman–Crippen LogP) is 2.14. The zero-order chi connectivity index (χ0) is 14.4. The number of aromatic nitrogens is 5. The molecule has 0 saturated carbocycles. The zero-order valence-corrected chi connectivity index (χ0v) is 11.8. The molecule has 0 amide bonds. The first kappa shape index (κ1) is 12.2. The van der Waals surface area contributed by atoms with Crippen LogP contribution in [0.2, 0.25) is 0 Å². The minimum absolute atomic E-state index is 0.549. The predicted molar refractivity (Wildman–Crippen MR) is 78.3 cm³/mol. The largest absolute Gasteiger partial charge is 0.451 e. The normalized spacial score (nSPS) is 11.5. The van der Waals surface area contributed by atoms with Crippen molar-refractivity contribution in [3.05, 3.63) is 36.4 Å². The van der Waals surface area contributed by atoms with Crippen molar-refractivity contribution >= 4 is 33.8 Å². The number of fused-ring (bicyclic) bond motifs is 3. The van der Waals surface area contributed by atoms with E-state index >= 15 is 0 Å². The summed E-state index contributed by atoms with van der Waals surface area (Å²) in [5.41, 5.74) is 2.19. The van der Waals surface area contributed by atoms with Gasteiger partial charge in [0.15, 0.2) is 10.6 Å². The molecular weight excluding hydrogens is 288 g/mol. The van der Waals surface area contributed by atoms with E-state index in [2.05, 4.69) is 20.2 Å². The number of hydrogen-bond donors (Lipinski definition) is 1. The van der Waals surface area contributed by atoms with Crippen LogP contribution < -0.4 is 5.84 Å². The molecule has 0 spiro atoms. The molecule has 0 saturated heterocycles. The van der Waals surface area contributed by atoms with Crippen LogP contribution in [0.15, 0.2) is 45.2 Å². The zero-order valence-electron chi connectivity index (χ0n) is 11.0. The average Bonchev–Trinajstić information content (AvgIpc) is 3.03. The van der Waals surface area contributed by atoms with E-state index in [0.717, 1.165) is 16.5 Å². The van der Waals surface area contributed by atoms with Gasteiger partial charge in [-0.15, -0.1) is 10.2 Å². The van der Waals surface area contributed by atoms with Crippen molar-refractivity contribution in [2.75, 3.05) is 5.84 Å². The van der Waals surface area contributed by atoms with Crippen molar-refractivity contribution in [1.29, 1.82) is 0 Å². The molecule has 104 valence electrons. The van der Waals surface area contributed by atoms with Gasteiger partial charge in [0, 0.05) is 5.39 Å². The number of benzene rings is 1. The van der Waals surface area contributed by atoms with Gasteiger partial charge < -0.3 is 10.3 Å². The molecule has 0 fully saturated rings. The lowest BCUT2D eigenvalue weighted by Crippen LogP contribution is -2.11. The Kier molecular flexibility index (Phi) is 2.58. The first-order chi connectivity index (χ1) is 10.2. The third-order valence-corrected chi connectivity index (χ3v) is 4.09. The second kappa shape index (κ2) is 4.45. The molecule has 0 aliphatic heterocycles. The second-order valence-corrected chi connectivity index (χ2v) is 5.41.